The Morgan fingerprint density at radius 3 is 2.37 bits per heavy atom. The molecule has 0 aliphatic carbocycles. The number of benzene rings is 2. The fourth-order valence-corrected chi connectivity index (χ4v) is 4.31. The molecule has 1 aliphatic heterocycles. The van der Waals surface area contributed by atoms with Crippen LogP contribution < -0.4 is 14.5 Å². The van der Waals surface area contributed by atoms with Gasteiger partial charge in [-0.25, -0.2) is 12.8 Å². The third-order valence-electron chi connectivity index (χ3n) is 4.82. The van der Waals surface area contributed by atoms with Gasteiger partial charge in [0.15, 0.2) is 0 Å². The molecule has 30 heavy (non-hydrogen) atoms. The number of hydrogen-bond donors (Lipinski definition) is 1. The SMILES string of the molecule is CS(=O)(=O)N(CCCC(=O)Nc1ccc(N2CCCC2=O)cc1)c1ccc(F)cc1. The molecule has 0 spiro atoms. The standard InChI is InChI=1S/C21H24FN3O4S/c1-30(28,29)25(19-10-6-16(22)7-11-19)15-2-4-20(26)23-17-8-12-18(13-9-17)24-14-3-5-21(24)27/h6-13H,2-5,14-15H2,1H3,(H,23,26). The van der Waals surface area contributed by atoms with Crippen LogP contribution in [-0.4, -0.2) is 39.6 Å². The maximum atomic E-state index is 13.1. The van der Waals surface area contributed by atoms with Gasteiger partial charge < -0.3 is 10.2 Å². The van der Waals surface area contributed by atoms with Crippen LogP contribution in [-0.2, 0) is 19.6 Å². The Labute approximate surface area is 175 Å². The van der Waals surface area contributed by atoms with Crippen LogP contribution in [0.1, 0.15) is 25.7 Å². The Morgan fingerprint density at radius 2 is 1.80 bits per heavy atom. The van der Waals surface area contributed by atoms with Gasteiger partial charge in [-0.2, -0.15) is 0 Å². The van der Waals surface area contributed by atoms with E-state index in [1.54, 1.807) is 29.2 Å². The molecule has 0 radical (unpaired) electrons. The summed E-state index contributed by atoms with van der Waals surface area (Å²) in [5.74, 6) is -0.595. The van der Waals surface area contributed by atoms with Crippen LogP contribution in [0.5, 0.6) is 0 Å². The quantitative estimate of drug-likeness (QED) is 0.693. The fraction of sp³-hybridized carbons (Fsp3) is 0.333. The summed E-state index contributed by atoms with van der Waals surface area (Å²) in [4.78, 5) is 25.7. The Morgan fingerprint density at radius 1 is 1.13 bits per heavy atom. The number of halogens is 1. The molecule has 7 nitrogen and oxygen atoms in total. The van der Waals surface area contributed by atoms with E-state index >= 15 is 0 Å². The zero-order valence-corrected chi connectivity index (χ0v) is 17.5. The van der Waals surface area contributed by atoms with E-state index in [1.165, 1.54) is 24.3 Å². The summed E-state index contributed by atoms with van der Waals surface area (Å²) in [6.45, 7) is 0.809. The Hall–Kier alpha value is -2.94. The summed E-state index contributed by atoms with van der Waals surface area (Å²) < 4.78 is 38.4. The van der Waals surface area contributed by atoms with E-state index in [1.807, 2.05) is 0 Å². The highest BCUT2D eigenvalue weighted by Crippen LogP contribution is 2.23. The summed E-state index contributed by atoms with van der Waals surface area (Å²) in [5.41, 5.74) is 1.76. The van der Waals surface area contributed by atoms with E-state index in [4.69, 9.17) is 0 Å². The minimum Gasteiger partial charge on any atom is -0.326 e. The van der Waals surface area contributed by atoms with Crippen molar-refractivity contribution in [2.24, 2.45) is 0 Å². The van der Waals surface area contributed by atoms with E-state index in [-0.39, 0.29) is 24.8 Å². The van der Waals surface area contributed by atoms with Crippen LogP contribution in [0, 0.1) is 5.82 Å². The molecule has 0 bridgehead atoms. The minimum atomic E-state index is -3.56. The van der Waals surface area contributed by atoms with Crippen molar-refractivity contribution in [3.05, 3.63) is 54.3 Å². The van der Waals surface area contributed by atoms with Gasteiger partial charge in [0.1, 0.15) is 5.82 Å². The predicted octanol–water partition coefficient (Wildman–Crippen LogP) is 3.14. The van der Waals surface area contributed by atoms with Crippen LogP contribution in [0.15, 0.2) is 48.5 Å². The molecule has 2 aromatic rings. The van der Waals surface area contributed by atoms with Gasteiger partial charge in [-0.3, -0.25) is 13.9 Å². The molecule has 0 unspecified atom stereocenters. The van der Waals surface area contributed by atoms with E-state index in [2.05, 4.69) is 5.32 Å². The number of nitrogens with one attached hydrogen (secondary N) is 1. The van der Waals surface area contributed by atoms with Crippen LogP contribution in [0.3, 0.4) is 0 Å². The smallest absolute Gasteiger partial charge is 0.232 e. The van der Waals surface area contributed by atoms with Crippen molar-refractivity contribution in [3.8, 4) is 0 Å². The van der Waals surface area contributed by atoms with Crippen LogP contribution in [0.25, 0.3) is 0 Å². The van der Waals surface area contributed by atoms with Crippen molar-refractivity contribution in [2.75, 3.05) is 33.9 Å². The summed E-state index contributed by atoms with van der Waals surface area (Å²) in [7, 11) is -3.56. The average molecular weight is 434 g/mol. The van der Waals surface area contributed by atoms with Gasteiger partial charge in [-0.15, -0.1) is 0 Å². The first-order valence-electron chi connectivity index (χ1n) is 9.67. The van der Waals surface area contributed by atoms with Crippen molar-refractivity contribution < 1.29 is 22.4 Å². The van der Waals surface area contributed by atoms with Crippen molar-refractivity contribution in [2.45, 2.75) is 25.7 Å². The highest BCUT2D eigenvalue weighted by atomic mass is 32.2. The third-order valence-corrected chi connectivity index (χ3v) is 6.01. The molecule has 9 heteroatoms. The Kier molecular flexibility index (Phi) is 6.71. The monoisotopic (exact) mass is 433 g/mol. The van der Waals surface area contributed by atoms with Gasteiger partial charge in [0, 0.05) is 37.3 Å². The topological polar surface area (TPSA) is 86.8 Å². The minimum absolute atomic E-state index is 0.100. The molecule has 3 rings (SSSR count). The number of sulfonamides is 1. The van der Waals surface area contributed by atoms with Gasteiger partial charge in [0.05, 0.1) is 11.9 Å². The fourth-order valence-electron chi connectivity index (χ4n) is 3.35. The number of carbonyl (C=O) groups excluding carboxylic acids is 2. The third kappa shape index (κ3) is 5.56. The highest BCUT2D eigenvalue weighted by Gasteiger charge is 2.21. The molecule has 0 saturated carbocycles. The zero-order valence-electron chi connectivity index (χ0n) is 16.7. The Balaban J connectivity index is 1.53. The number of nitrogens with zero attached hydrogens (tertiary/aromatic N) is 2. The second-order valence-corrected chi connectivity index (χ2v) is 9.07. The molecule has 1 heterocycles. The van der Waals surface area contributed by atoms with Crippen molar-refractivity contribution in [1.82, 2.24) is 0 Å². The summed E-state index contributed by atoms with van der Waals surface area (Å²) in [6.07, 6.45) is 2.90. The lowest BCUT2D eigenvalue weighted by atomic mass is 10.2. The summed E-state index contributed by atoms with van der Waals surface area (Å²) in [5, 5.41) is 2.77. The molecule has 1 saturated heterocycles. The number of hydrogen-bond acceptors (Lipinski definition) is 4. The first-order valence-corrected chi connectivity index (χ1v) is 11.5. The molecule has 0 aromatic heterocycles. The van der Waals surface area contributed by atoms with Crippen molar-refractivity contribution in [1.29, 1.82) is 0 Å². The summed E-state index contributed by atoms with van der Waals surface area (Å²) in [6, 6.07) is 12.2. The van der Waals surface area contributed by atoms with E-state index in [9.17, 15) is 22.4 Å². The molecular formula is C21H24FN3O4S. The van der Waals surface area contributed by atoms with Crippen LogP contribution in [0.4, 0.5) is 21.5 Å². The van der Waals surface area contributed by atoms with Gasteiger partial charge in [-0.05, 0) is 61.4 Å². The van der Waals surface area contributed by atoms with Crippen LogP contribution in [0.2, 0.25) is 0 Å². The van der Waals surface area contributed by atoms with Gasteiger partial charge in [0.25, 0.3) is 0 Å². The Bertz CT molecular complexity index is 1010. The molecule has 0 atom stereocenters. The molecule has 160 valence electrons. The average Bonchev–Trinajstić information content (AvgIpc) is 3.12. The van der Waals surface area contributed by atoms with Gasteiger partial charge in [0.2, 0.25) is 21.8 Å². The second-order valence-electron chi connectivity index (χ2n) is 7.16. The molecular weight excluding hydrogens is 409 g/mol. The summed E-state index contributed by atoms with van der Waals surface area (Å²) >= 11 is 0. The zero-order chi connectivity index (χ0) is 21.7. The maximum absolute atomic E-state index is 13.1. The predicted molar refractivity (Wildman–Crippen MR) is 114 cm³/mol. The van der Waals surface area contributed by atoms with Crippen molar-refractivity contribution in [3.63, 3.8) is 0 Å². The number of anilines is 3. The van der Waals surface area contributed by atoms with E-state index in [0.717, 1.165) is 22.7 Å². The first-order chi connectivity index (χ1) is 14.2. The van der Waals surface area contributed by atoms with E-state index < -0.39 is 15.8 Å². The molecule has 1 N–H and O–H groups in total. The first kappa shape index (κ1) is 21.8. The number of rotatable bonds is 8. The number of amides is 2. The lowest BCUT2D eigenvalue weighted by molar-refractivity contribution is -0.117. The molecule has 2 amide bonds. The maximum Gasteiger partial charge on any atom is 0.232 e. The molecule has 1 fully saturated rings. The number of carbonyl (C=O) groups is 2. The highest BCUT2D eigenvalue weighted by molar-refractivity contribution is 7.92. The lowest BCUT2D eigenvalue weighted by Crippen LogP contribution is -2.31. The normalized spacial score (nSPS) is 14.1. The van der Waals surface area contributed by atoms with Crippen LogP contribution >= 0.6 is 0 Å². The van der Waals surface area contributed by atoms with E-state index in [0.29, 0.717) is 30.8 Å². The lowest BCUT2D eigenvalue weighted by Gasteiger charge is -2.22. The molecule has 1 aliphatic rings. The molecule has 2 aromatic carbocycles. The van der Waals surface area contributed by atoms with Gasteiger partial charge >= 0.3 is 0 Å². The second kappa shape index (κ2) is 9.25. The van der Waals surface area contributed by atoms with Gasteiger partial charge in [-0.1, -0.05) is 0 Å². The largest absolute Gasteiger partial charge is 0.326 e. The van der Waals surface area contributed by atoms with Crippen molar-refractivity contribution >= 4 is 38.9 Å².